The van der Waals surface area contributed by atoms with Crippen LogP contribution in [-0.2, 0) is 20.1 Å². The van der Waals surface area contributed by atoms with Crippen molar-refractivity contribution in [3.05, 3.63) is 72.3 Å². The van der Waals surface area contributed by atoms with E-state index in [9.17, 15) is 4.79 Å². The summed E-state index contributed by atoms with van der Waals surface area (Å²) in [7, 11) is 1.86. The Kier molecular flexibility index (Phi) is 5.01. The molecule has 0 fully saturated rings. The van der Waals surface area contributed by atoms with Crippen LogP contribution in [0.3, 0.4) is 0 Å². The molecule has 1 amide bonds. The first kappa shape index (κ1) is 17.7. The van der Waals surface area contributed by atoms with Crippen LogP contribution in [0.2, 0.25) is 0 Å². The van der Waals surface area contributed by atoms with E-state index in [1.54, 1.807) is 17.1 Å². The third kappa shape index (κ3) is 4.01. The van der Waals surface area contributed by atoms with Crippen LogP contribution in [0.5, 0.6) is 5.75 Å². The number of aromatic nitrogens is 4. The first-order valence-electron chi connectivity index (χ1n) is 8.86. The first-order valence-corrected chi connectivity index (χ1v) is 8.86. The van der Waals surface area contributed by atoms with Gasteiger partial charge in [0.1, 0.15) is 17.5 Å². The van der Waals surface area contributed by atoms with E-state index in [-0.39, 0.29) is 18.2 Å². The SMILES string of the molecule is Cn1cc(CCNC(=O)c2coc(COc3cccc4cccnc34)n2)cn1. The summed E-state index contributed by atoms with van der Waals surface area (Å²) in [5, 5.41) is 7.90. The molecule has 8 heteroatoms. The number of aryl methyl sites for hydroxylation is 1. The van der Waals surface area contributed by atoms with Crippen molar-refractivity contribution in [1.29, 1.82) is 0 Å². The van der Waals surface area contributed by atoms with Gasteiger partial charge in [-0.3, -0.25) is 14.5 Å². The molecule has 4 rings (SSSR count). The molecule has 28 heavy (non-hydrogen) atoms. The van der Waals surface area contributed by atoms with Crippen LogP contribution >= 0.6 is 0 Å². The Labute approximate surface area is 161 Å². The molecule has 1 N–H and O–H groups in total. The lowest BCUT2D eigenvalue weighted by Gasteiger charge is -2.06. The third-order valence-electron chi connectivity index (χ3n) is 4.19. The standard InChI is InChI=1S/C20H19N5O3/c1-25-11-14(10-23-25)7-9-22-20(26)16-12-28-18(24-16)13-27-17-6-2-4-15-5-3-8-21-19(15)17/h2-6,8,10-12H,7,9,13H2,1H3,(H,22,26). The molecule has 0 radical (unpaired) electrons. The molecular formula is C20H19N5O3. The highest BCUT2D eigenvalue weighted by Gasteiger charge is 2.13. The predicted molar refractivity (Wildman–Crippen MR) is 102 cm³/mol. The molecular weight excluding hydrogens is 358 g/mol. The van der Waals surface area contributed by atoms with Crippen molar-refractivity contribution >= 4 is 16.8 Å². The summed E-state index contributed by atoms with van der Waals surface area (Å²) in [5.41, 5.74) is 2.05. The van der Waals surface area contributed by atoms with E-state index in [0.29, 0.717) is 24.6 Å². The Morgan fingerprint density at radius 1 is 1.29 bits per heavy atom. The van der Waals surface area contributed by atoms with Gasteiger partial charge in [0, 0.05) is 31.4 Å². The summed E-state index contributed by atoms with van der Waals surface area (Å²) >= 11 is 0. The van der Waals surface area contributed by atoms with Gasteiger partial charge >= 0.3 is 0 Å². The van der Waals surface area contributed by atoms with Gasteiger partial charge < -0.3 is 14.5 Å². The zero-order valence-corrected chi connectivity index (χ0v) is 15.3. The third-order valence-corrected chi connectivity index (χ3v) is 4.19. The van der Waals surface area contributed by atoms with Crippen LogP contribution in [0.15, 0.2) is 59.6 Å². The number of nitrogens with zero attached hydrogens (tertiary/aromatic N) is 4. The van der Waals surface area contributed by atoms with E-state index in [0.717, 1.165) is 16.5 Å². The average molecular weight is 377 g/mol. The number of rotatable bonds is 7. The van der Waals surface area contributed by atoms with Crippen LogP contribution in [0.1, 0.15) is 21.9 Å². The van der Waals surface area contributed by atoms with Gasteiger partial charge in [-0.1, -0.05) is 18.2 Å². The number of para-hydroxylation sites is 1. The number of oxazole rings is 1. The number of fused-ring (bicyclic) bond motifs is 1. The smallest absolute Gasteiger partial charge is 0.273 e. The summed E-state index contributed by atoms with van der Waals surface area (Å²) in [6.45, 7) is 0.601. The van der Waals surface area contributed by atoms with Crippen molar-refractivity contribution in [2.24, 2.45) is 7.05 Å². The Bertz CT molecular complexity index is 1100. The second-order valence-electron chi connectivity index (χ2n) is 6.27. The van der Waals surface area contributed by atoms with E-state index in [4.69, 9.17) is 9.15 Å². The van der Waals surface area contributed by atoms with Gasteiger partial charge in [0.25, 0.3) is 5.91 Å². The average Bonchev–Trinajstić information content (AvgIpc) is 3.35. The molecule has 0 unspecified atom stereocenters. The number of benzene rings is 1. The lowest BCUT2D eigenvalue weighted by atomic mass is 10.2. The topological polar surface area (TPSA) is 95.1 Å². The Morgan fingerprint density at radius 3 is 3.04 bits per heavy atom. The molecule has 0 saturated carbocycles. The summed E-state index contributed by atoms with van der Waals surface area (Å²) in [5.74, 6) is 0.676. The Hall–Kier alpha value is -3.68. The molecule has 0 aliphatic carbocycles. The first-order chi connectivity index (χ1) is 13.7. The fourth-order valence-electron chi connectivity index (χ4n) is 2.83. The maximum atomic E-state index is 12.2. The normalized spacial score (nSPS) is 10.9. The van der Waals surface area contributed by atoms with Crippen molar-refractivity contribution in [1.82, 2.24) is 25.1 Å². The minimum atomic E-state index is -0.286. The van der Waals surface area contributed by atoms with E-state index in [1.807, 2.05) is 43.6 Å². The van der Waals surface area contributed by atoms with Crippen LogP contribution in [0.25, 0.3) is 10.9 Å². The number of ether oxygens (including phenoxy) is 1. The van der Waals surface area contributed by atoms with Crippen molar-refractivity contribution in [3.63, 3.8) is 0 Å². The monoisotopic (exact) mass is 377 g/mol. The van der Waals surface area contributed by atoms with Crippen molar-refractivity contribution in [2.75, 3.05) is 6.54 Å². The number of pyridine rings is 1. The van der Waals surface area contributed by atoms with E-state index in [1.165, 1.54) is 6.26 Å². The molecule has 0 atom stereocenters. The quantitative estimate of drug-likeness (QED) is 0.532. The van der Waals surface area contributed by atoms with E-state index >= 15 is 0 Å². The van der Waals surface area contributed by atoms with Crippen LogP contribution in [0.4, 0.5) is 0 Å². The second kappa shape index (κ2) is 7.91. The fraction of sp³-hybridized carbons (Fsp3) is 0.200. The minimum Gasteiger partial charge on any atom is -0.482 e. The fourth-order valence-corrected chi connectivity index (χ4v) is 2.83. The summed E-state index contributed by atoms with van der Waals surface area (Å²) < 4.78 is 12.9. The van der Waals surface area contributed by atoms with Gasteiger partial charge in [0.05, 0.1) is 6.20 Å². The van der Waals surface area contributed by atoms with Gasteiger partial charge in [0.2, 0.25) is 5.89 Å². The lowest BCUT2D eigenvalue weighted by molar-refractivity contribution is 0.0949. The number of hydrogen-bond acceptors (Lipinski definition) is 6. The van der Waals surface area contributed by atoms with Gasteiger partial charge in [-0.25, -0.2) is 4.98 Å². The number of carbonyl (C=O) groups is 1. The highest BCUT2D eigenvalue weighted by Crippen LogP contribution is 2.23. The molecule has 0 aliphatic rings. The number of amides is 1. The van der Waals surface area contributed by atoms with E-state index in [2.05, 4.69) is 20.4 Å². The predicted octanol–water partition coefficient (Wildman–Crippen LogP) is 2.51. The van der Waals surface area contributed by atoms with Gasteiger partial charge in [0.15, 0.2) is 12.3 Å². The number of nitrogens with one attached hydrogen (secondary N) is 1. The van der Waals surface area contributed by atoms with E-state index < -0.39 is 0 Å². The molecule has 142 valence electrons. The second-order valence-corrected chi connectivity index (χ2v) is 6.27. The van der Waals surface area contributed by atoms with Crippen LogP contribution in [-0.4, -0.2) is 32.2 Å². The Morgan fingerprint density at radius 2 is 2.18 bits per heavy atom. The summed E-state index contributed by atoms with van der Waals surface area (Å²) in [6.07, 6.45) is 7.44. The van der Waals surface area contributed by atoms with Crippen LogP contribution in [0, 0.1) is 0 Å². The summed E-state index contributed by atoms with van der Waals surface area (Å²) in [6, 6.07) is 9.54. The highest BCUT2D eigenvalue weighted by molar-refractivity contribution is 5.91. The molecule has 0 aliphatic heterocycles. The van der Waals surface area contributed by atoms with Gasteiger partial charge in [-0.05, 0) is 24.1 Å². The molecule has 0 bridgehead atoms. The molecule has 3 aromatic heterocycles. The molecule has 0 spiro atoms. The maximum Gasteiger partial charge on any atom is 0.273 e. The number of hydrogen-bond donors (Lipinski definition) is 1. The van der Waals surface area contributed by atoms with Gasteiger partial charge in [-0.2, -0.15) is 5.10 Å². The van der Waals surface area contributed by atoms with Crippen molar-refractivity contribution in [3.8, 4) is 5.75 Å². The number of carbonyl (C=O) groups excluding carboxylic acids is 1. The molecule has 4 aromatic rings. The minimum absolute atomic E-state index is 0.110. The molecule has 8 nitrogen and oxygen atoms in total. The molecule has 0 saturated heterocycles. The highest BCUT2D eigenvalue weighted by atomic mass is 16.5. The molecule has 3 heterocycles. The maximum absolute atomic E-state index is 12.2. The Balaban J connectivity index is 1.33. The van der Waals surface area contributed by atoms with Crippen molar-refractivity contribution < 1.29 is 13.9 Å². The largest absolute Gasteiger partial charge is 0.482 e. The van der Waals surface area contributed by atoms with Gasteiger partial charge in [-0.15, -0.1) is 0 Å². The molecule has 1 aromatic carbocycles. The zero-order valence-electron chi connectivity index (χ0n) is 15.3. The zero-order chi connectivity index (χ0) is 19.3. The van der Waals surface area contributed by atoms with Crippen LogP contribution < -0.4 is 10.1 Å². The summed E-state index contributed by atoms with van der Waals surface area (Å²) in [4.78, 5) is 20.7. The lowest BCUT2D eigenvalue weighted by Crippen LogP contribution is -2.26. The van der Waals surface area contributed by atoms with Crippen molar-refractivity contribution in [2.45, 2.75) is 13.0 Å².